The molecule has 0 radical (unpaired) electrons. The van der Waals surface area contributed by atoms with Crippen LogP contribution in [0, 0.1) is 0 Å². The molecular weight excluding hydrogens is 112 g/mol. The second-order valence-corrected chi connectivity index (χ2v) is 2.37. The first-order valence-corrected chi connectivity index (χ1v) is 3.26. The van der Waals surface area contributed by atoms with Crippen molar-refractivity contribution in [1.82, 2.24) is 10.4 Å². The second-order valence-electron chi connectivity index (χ2n) is 2.37. The van der Waals surface area contributed by atoms with Crippen LogP contribution in [-0.4, -0.2) is 19.1 Å². The van der Waals surface area contributed by atoms with Gasteiger partial charge in [0.25, 0.3) is 0 Å². The van der Waals surface area contributed by atoms with Gasteiger partial charge in [-0.1, -0.05) is 12.5 Å². The molecule has 1 N–H and O–H groups in total. The fraction of sp³-hybridized carbons (Fsp3) is 0.714. The van der Waals surface area contributed by atoms with Gasteiger partial charge in [0.05, 0.1) is 0 Å². The highest BCUT2D eigenvalue weighted by Gasteiger charge is 1.82. The predicted molar refractivity (Wildman–Crippen MR) is 40.9 cm³/mol. The van der Waals surface area contributed by atoms with Crippen LogP contribution in [-0.2, 0) is 0 Å². The first-order valence-electron chi connectivity index (χ1n) is 3.26. The topological polar surface area (TPSA) is 15.3 Å². The highest BCUT2D eigenvalue weighted by molar-refractivity contribution is 4.93. The van der Waals surface area contributed by atoms with E-state index in [-0.39, 0.29) is 0 Å². The number of hydrazine groups is 1. The Hall–Kier alpha value is -0.500. The number of nitrogens with one attached hydrogen (secondary N) is 1. The summed E-state index contributed by atoms with van der Waals surface area (Å²) in [6.07, 6.45) is 3.13. The predicted octanol–water partition coefficient (Wildman–Crippen LogP) is 1.37. The van der Waals surface area contributed by atoms with Crippen LogP contribution in [0.15, 0.2) is 11.8 Å². The van der Waals surface area contributed by atoms with Gasteiger partial charge in [0.15, 0.2) is 0 Å². The van der Waals surface area contributed by atoms with Crippen molar-refractivity contribution in [2.45, 2.75) is 20.3 Å². The van der Waals surface area contributed by atoms with Crippen molar-refractivity contribution in [2.24, 2.45) is 0 Å². The molecule has 0 bridgehead atoms. The smallest absolute Gasteiger partial charge is 0.0116 e. The molecule has 0 rings (SSSR count). The lowest BCUT2D eigenvalue weighted by Crippen LogP contribution is -2.25. The van der Waals surface area contributed by atoms with Crippen molar-refractivity contribution in [1.29, 1.82) is 0 Å². The molecule has 54 valence electrons. The lowest BCUT2D eigenvalue weighted by atomic mass is 10.3. The molecule has 0 unspecified atom stereocenters. The number of hydrogen-bond donors (Lipinski definition) is 1. The van der Waals surface area contributed by atoms with E-state index in [0.717, 1.165) is 6.42 Å². The van der Waals surface area contributed by atoms with Crippen LogP contribution in [0.4, 0.5) is 0 Å². The molecule has 0 aliphatic heterocycles. The van der Waals surface area contributed by atoms with Gasteiger partial charge in [-0.3, -0.25) is 0 Å². The summed E-state index contributed by atoms with van der Waals surface area (Å²) in [5, 5.41) is 1.92. The molecule has 0 aliphatic carbocycles. The Morgan fingerprint density at radius 3 is 2.44 bits per heavy atom. The van der Waals surface area contributed by atoms with Crippen molar-refractivity contribution in [3.63, 3.8) is 0 Å². The number of nitrogens with zero attached hydrogens (tertiary/aromatic N) is 1. The molecule has 0 aliphatic rings. The van der Waals surface area contributed by atoms with Crippen molar-refractivity contribution in [3.8, 4) is 0 Å². The molecule has 2 heteroatoms. The summed E-state index contributed by atoms with van der Waals surface area (Å²) in [5.41, 5.74) is 4.43. The van der Waals surface area contributed by atoms with Crippen molar-refractivity contribution in [3.05, 3.63) is 11.8 Å². The minimum absolute atomic E-state index is 1.11. The molecule has 9 heavy (non-hydrogen) atoms. The van der Waals surface area contributed by atoms with E-state index in [1.165, 1.54) is 5.57 Å². The van der Waals surface area contributed by atoms with Crippen molar-refractivity contribution < 1.29 is 0 Å². The maximum Gasteiger partial charge on any atom is 0.0116 e. The Balaban J connectivity index is 3.43. The molecular formula is C7H16N2. The molecule has 2 nitrogen and oxygen atoms in total. The third kappa shape index (κ3) is 5.37. The van der Waals surface area contributed by atoms with Crippen LogP contribution in [0.3, 0.4) is 0 Å². The lowest BCUT2D eigenvalue weighted by molar-refractivity contribution is 0.341. The third-order valence-electron chi connectivity index (χ3n) is 1.13. The highest BCUT2D eigenvalue weighted by Crippen LogP contribution is 1.93. The van der Waals surface area contributed by atoms with E-state index < -0.39 is 0 Å². The van der Waals surface area contributed by atoms with E-state index in [1.807, 2.05) is 25.3 Å². The van der Waals surface area contributed by atoms with E-state index in [0.29, 0.717) is 0 Å². The van der Waals surface area contributed by atoms with Gasteiger partial charge in [0.2, 0.25) is 0 Å². The largest absolute Gasteiger partial charge is 0.327 e. The number of hydrogen-bond acceptors (Lipinski definition) is 2. The lowest BCUT2D eigenvalue weighted by Gasteiger charge is -2.09. The zero-order chi connectivity index (χ0) is 7.28. The molecule has 0 atom stereocenters. The fourth-order valence-corrected chi connectivity index (χ4v) is 0.341. The minimum Gasteiger partial charge on any atom is -0.327 e. The third-order valence-corrected chi connectivity index (χ3v) is 1.13. The Kier molecular flexibility index (Phi) is 4.14. The van der Waals surface area contributed by atoms with E-state index in [9.17, 15) is 0 Å². The molecule has 0 spiro atoms. The van der Waals surface area contributed by atoms with Gasteiger partial charge in [-0.05, 0) is 13.3 Å². The molecule has 0 saturated heterocycles. The summed E-state index contributed by atoms with van der Waals surface area (Å²) >= 11 is 0. The maximum atomic E-state index is 3.07. The van der Waals surface area contributed by atoms with E-state index in [4.69, 9.17) is 0 Å². The van der Waals surface area contributed by atoms with E-state index in [1.54, 1.807) is 0 Å². The summed E-state index contributed by atoms with van der Waals surface area (Å²) in [6, 6.07) is 0. The molecule has 0 heterocycles. The van der Waals surface area contributed by atoms with Crippen LogP contribution in [0.2, 0.25) is 0 Å². The van der Waals surface area contributed by atoms with Gasteiger partial charge >= 0.3 is 0 Å². The summed E-state index contributed by atoms with van der Waals surface area (Å²) < 4.78 is 0. The van der Waals surface area contributed by atoms with Gasteiger partial charge in [-0.15, -0.1) is 0 Å². The fourth-order valence-electron chi connectivity index (χ4n) is 0.341. The first-order chi connectivity index (χ1) is 4.16. The maximum absolute atomic E-state index is 3.07. The summed E-state index contributed by atoms with van der Waals surface area (Å²) in [7, 11) is 3.94. The van der Waals surface area contributed by atoms with E-state index in [2.05, 4.69) is 19.3 Å². The van der Waals surface area contributed by atoms with Crippen LogP contribution < -0.4 is 5.43 Å². The highest BCUT2D eigenvalue weighted by atomic mass is 15.5. The quantitative estimate of drug-likeness (QED) is 0.577. The van der Waals surface area contributed by atoms with Crippen molar-refractivity contribution in [2.75, 3.05) is 14.1 Å². The Bertz CT molecular complexity index is 95.1. The van der Waals surface area contributed by atoms with Crippen LogP contribution in [0.1, 0.15) is 20.3 Å². The van der Waals surface area contributed by atoms with Gasteiger partial charge in [-0.2, -0.15) is 0 Å². The molecule has 0 aromatic rings. The van der Waals surface area contributed by atoms with Crippen LogP contribution in [0.5, 0.6) is 0 Å². The van der Waals surface area contributed by atoms with Crippen LogP contribution >= 0.6 is 0 Å². The van der Waals surface area contributed by atoms with Crippen molar-refractivity contribution >= 4 is 0 Å². The normalized spacial score (nSPS) is 12.3. The number of rotatable bonds is 3. The summed E-state index contributed by atoms with van der Waals surface area (Å²) in [4.78, 5) is 0. The molecule has 0 saturated carbocycles. The Morgan fingerprint density at radius 2 is 2.11 bits per heavy atom. The average Bonchev–Trinajstić information content (AvgIpc) is 1.83. The number of allylic oxidation sites excluding steroid dienone is 1. The molecule has 0 fully saturated rings. The van der Waals surface area contributed by atoms with Crippen LogP contribution in [0.25, 0.3) is 0 Å². The monoisotopic (exact) mass is 128 g/mol. The summed E-state index contributed by atoms with van der Waals surface area (Å²) in [6.45, 7) is 4.25. The first kappa shape index (κ1) is 8.50. The molecule has 0 aromatic heterocycles. The average molecular weight is 128 g/mol. The van der Waals surface area contributed by atoms with Gasteiger partial charge < -0.3 is 5.43 Å². The van der Waals surface area contributed by atoms with Gasteiger partial charge in [0.1, 0.15) is 0 Å². The van der Waals surface area contributed by atoms with E-state index >= 15 is 0 Å². The Labute approximate surface area is 57.5 Å². The Morgan fingerprint density at radius 1 is 1.56 bits per heavy atom. The molecule has 0 amide bonds. The second kappa shape index (κ2) is 4.39. The van der Waals surface area contributed by atoms with Gasteiger partial charge in [-0.25, -0.2) is 5.01 Å². The summed E-state index contributed by atoms with van der Waals surface area (Å²) in [5.74, 6) is 0. The molecule has 0 aromatic carbocycles. The zero-order valence-corrected chi connectivity index (χ0v) is 6.73. The SMILES string of the molecule is CC/C(C)=C/NN(C)C. The standard InChI is InChI=1S/C7H16N2/c1-5-7(2)6-8-9(3)4/h6,8H,5H2,1-4H3/b7-6+. The minimum atomic E-state index is 1.11. The zero-order valence-electron chi connectivity index (χ0n) is 6.73. The van der Waals surface area contributed by atoms with Gasteiger partial charge in [0, 0.05) is 20.3 Å².